The van der Waals surface area contributed by atoms with Gasteiger partial charge in [0.2, 0.25) is 0 Å². The number of aromatic nitrogens is 2. The van der Waals surface area contributed by atoms with E-state index in [2.05, 4.69) is 34.2 Å². The van der Waals surface area contributed by atoms with Crippen molar-refractivity contribution in [2.24, 2.45) is 0 Å². The summed E-state index contributed by atoms with van der Waals surface area (Å²) in [6.07, 6.45) is 3.54. The van der Waals surface area contributed by atoms with E-state index in [1.54, 1.807) is 6.33 Å². The molecule has 0 fully saturated rings. The Morgan fingerprint density at radius 3 is 3.00 bits per heavy atom. The second-order valence-electron chi connectivity index (χ2n) is 2.84. The Morgan fingerprint density at radius 2 is 2.00 bits per heavy atom. The molecule has 2 aromatic heterocycles. The first kappa shape index (κ1) is 7.24. The molecule has 0 aliphatic rings. The summed E-state index contributed by atoms with van der Waals surface area (Å²) in [7, 11) is 0. The van der Waals surface area contributed by atoms with E-state index in [4.69, 9.17) is 0 Å². The molecule has 0 N–H and O–H groups in total. The number of hydrogen-bond acceptors (Lipinski definition) is 2. The molecule has 0 bridgehead atoms. The van der Waals surface area contributed by atoms with Gasteiger partial charge in [-0.05, 0) is 0 Å². The molecule has 0 saturated carbocycles. The standard InChI is InChI=1S/C10H6N2Se/c1-2-4-9-7(3-1)8-5-11-6-12-10(8)13-9/h1-6H. The molecule has 62 valence electrons. The molecule has 13 heavy (non-hydrogen) atoms. The van der Waals surface area contributed by atoms with Crippen molar-refractivity contribution in [1.29, 1.82) is 0 Å². The summed E-state index contributed by atoms with van der Waals surface area (Å²) in [5, 5.41) is 2.54. The van der Waals surface area contributed by atoms with Gasteiger partial charge in [-0.25, -0.2) is 0 Å². The molecule has 3 aromatic rings. The first-order valence-corrected chi connectivity index (χ1v) is 5.74. The van der Waals surface area contributed by atoms with Crippen molar-refractivity contribution in [2.75, 3.05) is 0 Å². The maximum absolute atomic E-state index is 4.29. The SMILES string of the molecule is c1ccc2c(c1)[se]c1ncncc12. The predicted octanol–water partition coefficient (Wildman–Crippen LogP) is 1.84. The predicted molar refractivity (Wildman–Crippen MR) is 54.0 cm³/mol. The van der Waals surface area contributed by atoms with Crippen LogP contribution >= 0.6 is 0 Å². The number of benzene rings is 1. The van der Waals surface area contributed by atoms with E-state index in [0.717, 1.165) is 0 Å². The zero-order valence-electron chi connectivity index (χ0n) is 6.77. The van der Waals surface area contributed by atoms with Gasteiger partial charge in [-0.2, -0.15) is 0 Å². The van der Waals surface area contributed by atoms with E-state index < -0.39 is 0 Å². The molecule has 0 saturated heterocycles. The quantitative estimate of drug-likeness (QED) is 0.554. The zero-order valence-corrected chi connectivity index (χ0v) is 8.48. The van der Waals surface area contributed by atoms with Crippen LogP contribution < -0.4 is 0 Å². The Morgan fingerprint density at radius 1 is 1.08 bits per heavy atom. The second-order valence-corrected chi connectivity index (χ2v) is 5.00. The number of fused-ring (bicyclic) bond motifs is 3. The Bertz CT molecular complexity index is 521. The molecule has 0 aliphatic carbocycles. The fourth-order valence-corrected chi connectivity index (χ4v) is 3.60. The zero-order chi connectivity index (χ0) is 8.67. The fraction of sp³-hybridized carbons (Fsp3) is 0. The van der Waals surface area contributed by atoms with E-state index in [-0.39, 0.29) is 0 Å². The van der Waals surface area contributed by atoms with Crippen molar-refractivity contribution in [3.05, 3.63) is 36.8 Å². The molecule has 0 spiro atoms. The van der Waals surface area contributed by atoms with Crippen LogP contribution in [0.4, 0.5) is 0 Å². The normalized spacial score (nSPS) is 11.1. The summed E-state index contributed by atoms with van der Waals surface area (Å²) in [6, 6.07) is 8.47. The van der Waals surface area contributed by atoms with E-state index in [1.165, 1.54) is 19.4 Å². The van der Waals surface area contributed by atoms with Crippen LogP contribution in [0.5, 0.6) is 0 Å². The van der Waals surface area contributed by atoms with Gasteiger partial charge in [0.05, 0.1) is 0 Å². The summed E-state index contributed by atoms with van der Waals surface area (Å²) in [4.78, 5) is 8.34. The van der Waals surface area contributed by atoms with Crippen LogP contribution in [-0.4, -0.2) is 24.5 Å². The average molecular weight is 233 g/mol. The fourth-order valence-electron chi connectivity index (χ4n) is 1.47. The van der Waals surface area contributed by atoms with Crippen molar-refractivity contribution in [2.45, 2.75) is 0 Å². The minimum atomic E-state index is 0.384. The van der Waals surface area contributed by atoms with Crippen LogP contribution in [0.1, 0.15) is 0 Å². The third kappa shape index (κ3) is 1.01. The summed E-state index contributed by atoms with van der Waals surface area (Å²) in [5.74, 6) is 0. The van der Waals surface area contributed by atoms with Crippen molar-refractivity contribution in [3.8, 4) is 0 Å². The van der Waals surface area contributed by atoms with Crippen molar-refractivity contribution in [3.63, 3.8) is 0 Å². The molecule has 0 amide bonds. The first-order chi connectivity index (χ1) is 6.45. The monoisotopic (exact) mass is 234 g/mol. The van der Waals surface area contributed by atoms with E-state index in [9.17, 15) is 0 Å². The van der Waals surface area contributed by atoms with Gasteiger partial charge < -0.3 is 0 Å². The van der Waals surface area contributed by atoms with Crippen LogP contribution in [0.2, 0.25) is 0 Å². The number of hydrogen-bond donors (Lipinski definition) is 0. The molecule has 2 heterocycles. The van der Waals surface area contributed by atoms with Gasteiger partial charge in [-0.3, -0.25) is 0 Å². The van der Waals surface area contributed by atoms with Gasteiger partial charge >= 0.3 is 80.7 Å². The van der Waals surface area contributed by atoms with Gasteiger partial charge in [0, 0.05) is 0 Å². The van der Waals surface area contributed by atoms with E-state index in [1.807, 2.05) is 6.20 Å². The Kier molecular flexibility index (Phi) is 1.48. The summed E-state index contributed by atoms with van der Waals surface area (Å²) in [6.45, 7) is 0. The first-order valence-electron chi connectivity index (χ1n) is 4.02. The van der Waals surface area contributed by atoms with Gasteiger partial charge in [-0.15, -0.1) is 0 Å². The van der Waals surface area contributed by atoms with E-state index >= 15 is 0 Å². The molecule has 1 aromatic carbocycles. The Hall–Kier alpha value is -1.18. The molecule has 0 radical (unpaired) electrons. The molecule has 0 unspecified atom stereocenters. The third-order valence-electron chi connectivity index (χ3n) is 2.06. The van der Waals surface area contributed by atoms with Crippen molar-refractivity contribution in [1.82, 2.24) is 9.97 Å². The van der Waals surface area contributed by atoms with Crippen LogP contribution in [-0.2, 0) is 0 Å². The average Bonchev–Trinajstić information content (AvgIpc) is 2.56. The van der Waals surface area contributed by atoms with Crippen molar-refractivity contribution >= 4 is 33.9 Å². The third-order valence-corrected chi connectivity index (χ3v) is 4.36. The summed E-state index contributed by atoms with van der Waals surface area (Å²) < 4.78 is 2.63. The Labute approximate surface area is 81.0 Å². The number of nitrogens with zero attached hydrogens (tertiary/aromatic N) is 2. The molecular formula is C10H6N2Se. The van der Waals surface area contributed by atoms with Gasteiger partial charge in [0.1, 0.15) is 0 Å². The van der Waals surface area contributed by atoms with Gasteiger partial charge in [0.25, 0.3) is 0 Å². The van der Waals surface area contributed by atoms with Gasteiger partial charge in [-0.1, -0.05) is 0 Å². The minimum absolute atomic E-state index is 0.384. The molecule has 0 atom stereocenters. The van der Waals surface area contributed by atoms with Gasteiger partial charge in [0.15, 0.2) is 0 Å². The topological polar surface area (TPSA) is 25.8 Å². The van der Waals surface area contributed by atoms with Crippen LogP contribution in [0.3, 0.4) is 0 Å². The summed E-state index contributed by atoms with van der Waals surface area (Å²) >= 11 is 0.384. The van der Waals surface area contributed by atoms with Crippen LogP contribution in [0.15, 0.2) is 36.8 Å². The summed E-state index contributed by atoms with van der Waals surface area (Å²) in [5.41, 5.74) is 0. The molecular weight excluding hydrogens is 227 g/mol. The van der Waals surface area contributed by atoms with Crippen molar-refractivity contribution < 1.29 is 0 Å². The van der Waals surface area contributed by atoms with E-state index in [0.29, 0.717) is 14.5 Å². The molecule has 2 nitrogen and oxygen atoms in total. The van der Waals surface area contributed by atoms with Crippen LogP contribution in [0, 0.1) is 0 Å². The molecule has 3 heteroatoms. The molecule has 3 rings (SSSR count). The molecule has 0 aliphatic heterocycles. The maximum atomic E-state index is 4.29. The Balaban J connectivity index is 2.64. The second kappa shape index (κ2) is 2.66. The van der Waals surface area contributed by atoms with Crippen LogP contribution in [0.25, 0.3) is 19.4 Å². The number of rotatable bonds is 0.